The molecule has 13 heavy (non-hydrogen) atoms. The molecule has 0 N–H and O–H groups in total. The zero-order valence-electron chi connectivity index (χ0n) is 7.53. The van der Waals surface area contributed by atoms with Crippen LogP contribution in [0.4, 0.5) is 0 Å². The molecule has 1 aromatic rings. The van der Waals surface area contributed by atoms with Crippen LogP contribution in [0.3, 0.4) is 0 Å². The summed E-state index contributed by atoms with van der Waals surface area (Å²) in [7, 11) is 0. The van der Waals surface area contributed by atoms with Crippen LogP contribution >= 0.6 is 0 Å². The Morgan fingerprint density at radius 2 is 2.15 bits per heavy atom. The molecule has 0 bridgehead atoms. The van der Waals surface area contributed by atoms with Crippen molar-refractivity contribution in [3.8, 4) is 6.07 Å². The van der Waals surface area contributed by atoms with E-state index in [0.29, 0.717) is 0 Å². The normalized spacial score (nSPS) is 30.9. The summed E-state index contributed by atoms with van der Waals surface area (Å²) in [6.07, 6.45) is 0.606. The quantitative estimate of drug-likeness (QED) is 0.643. The van der Waals surface area contributed by atoms with Gasteiger partial charge in [-0.2, -0.15) is 5.26 Å². The largest absolute Gasteiger partial charge is 0.345 e. The van der Waals surface area contributed by atoms with Gasteiger partial charge in [-0.25, -0.2) is 0 Å². The van der Waals surface area contributed by atoms with Gasteiger partial charge in [0.2, 0.25) is 0 Å². The summed E-state index contributed by atoms with van der Waals surface area (Å²) in [6.45, 7) is 2.05. The van der Waals surface area contributed by atoms with Crippen LogP contribution in [0.25, 0.3) is 0 Å². The van der Waals surface area contributed by atoms with Gasteiger partial charge in [-0.15, -0.1) is 0 Å². The summed E-state index contributed by atoms with van der Waals surface area (Å²) in [5, 5.41) is 8.76. The topological polar surface area (TPSA) is 36.3 Å². The fraction of sp³-hybridized carbons (Fsp3) is 0.364. The molecule has 2 heteroatoms. The van der Waals surface area contributed by atoms with E-state index in [9.17, 15) is 0 Å². The summed E-state index contributed by atoms with van der Waals surface area (Å²) >= 11 is 0. The standard InChI is InChI=1S/C11H11NO/c1-2-11(10(8-12)13-11)9-6-4-3-5-7-9/h3-7,10H,2H2,1H3. The van der Waals surface area contributed by atoms with E-state index in [2.05, 4.69) is 6.07 Å². The molecule has 2 rings (SSSR count). The summed E-state index contributed by atoms with van der Waals surface area (Å²) in [5.41, 5.74) is 0.805. The Balaban J connectivity index is 2.32. The molecule has 2 atom stereocenters. The van der Waals surface area contributed by atoms with Gasteiger partial charge in [0, 0.05) is 0 Å². The lowest BCUT2D eigenvalue weighted by Crippen LogP contribution is -2.10. The van der Waals surface area contributed by atoms with Crippen LogP contribution in [-0.2, 0) is 10.3 Å². The molecule has 1 aliphatic heterocycles. The summed E-state index contributed by atoms with van der Waals surface area (Å²) in [5.74, 6) is 0. The average molecular weight is 173 g/mol. The molecule has 1 aromatic carbocycles. The summed E-state index contributed by atoms with van der Waals surface area (Å²) < 4.78 is 5.43. The Bertz CT molecular complexity index is 341. The summed E-state index contributed by atoms with van der Waals surface area (Å²) in [4.78, 5) is 0. The molecule has 1 fully saturated rings. The van der Waals surface area contributed by atoms with Gasteiger partial charge in [-0.3, -0.25) is 0 Å². The van der Waals surface area contributed by atoms with E-state index >= 15 is 0 Å². The maximum Gasteiger partial charge on any atom is 0.178 e. The lowest BCUT2D eigenvalue weighted by atomic mass is 9.93. The first-order chi connectivity index (χ1) is 6.33. The number of epoxide rings is 1. The first kappa shape index (κ1) is 8.28. The van der Waals surface area contributed by atoms with Crippen molar-refractivity contribution in [3.63, 3.8) is 0 Å². The van der Waals surface area contributed by atoms with Gasteiger partial charge in [0.25, 0.3) is 0 Å². The molecular weight excluding hydrogens is 162 g/mol. The van der Waals surface area contributed by atoms with Crippen LogP contribution in [-0.4, -0.2) is 6.10 Å². The highest BCUT2D eigenvalue weighted by molar-refractivity contribution is 5.32. The molecule has 1 heterocycles. The van der Waals surface area contributed by atoms with Gasteiger partial charge in [0.1, 0.15) is 5.60 Å². The third kappa shape index (κ3) is 1.13. The van der Waals surface area contributed by atoms with Gasteiger partial charge >= 0.3 is 0 Å². The number of hydrogen-bond donors (Lipinski definition) is 0. The molecule has 66 valence electrons. The predicted octanol–water partition coefficient (Wildman–Crippen LogP) is 2.21. The predicted molar refractivity (Wildman–Crippen MR) is 48.9 cm³/mol. The Labute approximate surface area is 77.8 Å². The van der Waals surface area contributed by atoms with Gasteiger partial charge in [-0.05, 0) is 12.0 Å². The van der Waals surface area contributed by atoms with E-state index in [4.69, 9.17) is 10.00 Å². The molecule has 1 aliphatic rings. The Kier molecular flexibility index (Phi) is 1.82. The number of ether oxygens (including phenoxy) is 1. The minimum Gasteiger partial charge on any atom is -0.345 e. The molecule has 0 spiro atoms. The second-order valence-electron chi connectivity index (χ2n) is 3.24. The number of benzene rings is 1. The minimum atomic E-state index is -0.310. The lowest BCUT2D eigenvalue weighted by molar-refractivity contribution is 0.295. The zero-order chi connectivity index (χ0) is 9.31. The molecular formula is C11H11NO. The fourth-order valence-corrected chi connectivity index (χ4v) is 1.72. The second kappa shape index (κ2) is 2.86. The van der Waals surface area contributed by atoms with Gasteiger partial charge < -0.3 is 4.74 Å². The van der Waals surface area contributed by atoms with E-state index < -0.39 is 0 Å². The number of hydrogen-bond acceptors (Lipinski definition) is 2. The van der Waals surface area contributed by atoms with Crippen molar-refractivity contribution in [3.05, 3.63) is 35.9 Å². The van der Waals surface area contributed by atoms with Gasteiger partial charge in [0.05, 0.1) is 6.07 Å². The third-order valence-corrected chi connectivity index (χ3v) is 2.60. The number of rotatable bonds is 2. The highest BCUT2D eigenvalue weighted by atomic mass is 16.6. The first-order valence-electron chi connectivity index (χ1n) is 4.46. The van der Waals surface area contributed by atoms with Crippen LogP contribution in [0.2, 0.25) is 0 Å². The van der Waals surface area contributed by atoms with Crippen molar-refractivity contribution in [1.82, 2.24) is 0 Å². The van der Waals surface area contributed by atoms with Crippen molar-refractivity contribution in [2.24, 2.45) is 0 Å². The van der Waals surface area contributed by atoms with Crippen molar-refractivity contribution in [2.45, 2.75) is 25.0 Å². The fourth-order valence-electron chi connectivity index (χ4n) is 1.72. The van der Waals surface area contributed by atoms with Gasteiger partial charge in [0.15, 0.2) is 6.10 Å². The molecule has 1 saturated heterocycles. The minimum absolute atomic E-state index is 0.250. The van der Waals surface area contributed by atoms with Crippen molar-refractivity contribution in [2.75, 3.05) is 0 Å². The van der Waals surface area contributed by atoms with Crippen LogP contribution in [0.15, 0.2) is 30.3 Å². The highest BCUT2D eigenvalue weighted by Crippen LogP contribution is 2.48. The van der Waals surface area contributed by atoms with E-state index in [1.54, 1.807) is 0 Å². The SMILES string of the molecule is CCC1(c2ccccc2)OC1C#N. The van der Waals surface area contributed by atoms with E-state index in [1.807, 2.05) is 37.3 Å². The highest BCUT2D eigenvalue weighted by Gasteiger charge is 2.56. The van der Waals surface area contributed by atoms with E-state index in [1.165, 1.54) is 0 Å². The molecule has 0 aliphatic carbocycles. The third-order valence-electron chi connectivity index (χ3n) is 2.60. The Morgan fingerprint density at radius 3 is 2.62 bits per heavy atom. The van der Waals surface area contributed by atoms with E-state index in [-0.39, 0.29) is 11.7 Å². The van der Waals surface area contributed by atoms with Crippen LogP contribution in [0.1, 0.15) is 18.9 Å². The monoisotopic (exact) mass is 173 g/mol. The Morgan fingerprint density at radius 1 is 1.46 bits per heavy atom. The smallest absolute Gasteiger partial charge is 0.178 e. The molecule has 0 saturated carbocycles. The van der Waals surface area contributed by atoms with Crippen molar-refractivity contribution in [1.29, 1.82) is 5.26 Å². The first-order valence-corrected chi connectivity index (χ1v) is 4.46. The lowest BCUT2D eigenvalue weighted by Gasteiger charge is -2.07. The van der Waals surface area contributed by atoms with Crippen molar-refractivity contribution < 1.29 is 4.74 Å². The molecule has 0 amide bonds. The number of nitriles is 1. The average Bonchev–Trinajstić information content (AvgIpc) is 2.94. The van der Waals surface area contributed by atoms with Gasteiger partial charge in [-0.1, -0.05) is 37.3 Å². The molecule has 0 aromatic heterocycles. The summed E-state index contributed by atoms with van der Waals surface area (Å²) in [6, 6.07) is 12.1. The maximum absolute atomic E-state index is 8.76. The van der Waals surface area contributed by atoms with Crippen molar-refractivity contribution >= 4 is 0 Å². The second-order valence-corrected chi connectivity index (χ2v) is 3.24. The molecule has 2 unspecified atom stereocenters. The van der Waals surface area contributed by atoms with E-state index in [0.717, 1.165) is 12.0 Å². The number of nitrogens with zero attached hydrogens (tertiary/aromatic N) is 1. The van der Waals surface area contributed by atoms with Crippen LogP contribution in [0.5, 0.6) is 0 Å². The molecule has 2 nitrogen and oxygen atoms in total. The van der Waals surface area contributed by atoms with Crippen LogP contribution < -0.4 is 0 Å². The van der Waals surface area contributed by atoms with Crippen LogP contribution in [0, 0.1) is 11.3 Å². The maximum atomic E-state index is 8.76. The molecule has 0 radical (unpaired) electrons. The Hall–Kier alpha value is -1.33. The zero-order valence-corrected chi connectivity index (χ0v) is 7.53.